The van der Waals surface area contributed by atoms with Gasteiger partial charge in [0.05, 0.1) is 6.61 Å². The van der Waals surface area contributed by atoms with E-state index in [0.717, 1.165) is 11.0 Å². The molecule has 0 amide bonds. The normalized spacial score (nSPS) is 14.5. The van der Waals surface area contributed by atoms with Gasteiger partial charge in [0.25, 0.3) is 0 Å². The molecule has 0 aliphatic rings. The molecule has 0 aliphatic carbocycles. The molecule has 0 aromatic heterocycles. The molecule has 0 saturated heterocycles. The Balaban J connectivity index is 3.65. The molecule has 0 radical (unpaired) electrons. The highest BCUT2D eigenvalue weighted by Crippen LogP contribution is 2.08. The Morgan fingerprint density at radius 2 is 1.65 bits per heavy atom. The fourth-order valence-corrected chi connectivity index (χ4v) is 2.09. The van der Waals surface area contributed by atoms with Crippen LogP contribution in [0.15, 0.2) is 0 Å². The summed E-state index contributed by atoms with van der Waals surface area (Å²) in [5, 5.41) is 7.24. The molecule has 0 aromatic carbocycles. The van der Waals surface area contributed by atoms with Gasteiger partial charge in [-0.25, -0.2) is 0 Å². The quantitative estimate of drug-likeness (QED) is 0.658. The standard InChI is InChI=1S/C13H28N2OS/c1-10(2)7-6-8-11(3)14-13(17)15-12(4)9-16-5/h10-12H,6-9H2,1-5H3,(H2,14,15,17). The summed E-state index contributed by atoms with van der Waals surface area (Å²) in [5.74, 6) is 0.786. The zero-order valence-corrected chi connectivity index (χ0v) is 12.7. The molecule has 0 rings (SSSR count). The highest BCUT2D eigenvalue weighted by Gasteiger charge is 2.07. The molecular formula is C13H28N2OS. The molecule has 17 heavy (non-hydrogen) atoms. The summed E-state index contributed by atoms with van der Waals surface area (Å²) in [4.78, 5) is 0. The van der Waals surface area contributed by atoms with Gasteiger partial charge in [-0.15, -0.1) is 0 Å². The largest absolute Gasteiger partial charge is 0.383 e. The first kappa shape index (κ1) is 16.6. The molecular weight excluding hydrogens is 232 g/mol. The van der Waals surface area contributed by atoms with Crippen LogP contribution >= 0.6 is 12.2 Å². The van der Waals surface area contributed by atoms with Crippen molar-refractivity contribution < 1.29 is 4.74 Å². The molecule has 2 N–H and O–H groups in total. The Kier molecular flexibility index (Phi) is 9.46. The summed E-state index contributed by atoms with van der Waals surface area (Å²) < 4.78 is 5.05. The van der Waals surface area contributed by atoms with E-state index >= 15 is 0 Å². The summed E-state index contributed by atoms with van der Waals surface area (Å²) in [5.41, 5.74) is 0. The first-order valence-electron chi connectivity index (χ1n) is 6.51. The third-order valence-electron chi connectivity index (χ3n) is 2.59. The van der Waals surface area contributed by atoms with Gasteiger partial charge < -0.3 is 15.4 Å². The zero-order chi connectivity index (χ0) is 13.3. The lowest BCUT2D eigenvalue weighted by atomic mass is 10.0. The maximum atomic E-state index is 5.24. The van der Waals surface area contributed by atoms with Crippen LogP contribution in [0.3, 0.4) is 0 Å². The summed E-state index contributed by atoms with van der Waals surface area (Å²) in [7, 11) is 1.70. The minimum Gasteiger partial charge on any atom is -0.383 e. The van der Waals surface area contributed by atoms with Gasteiger partial charge in [-0.1, -0.05) is 26.7 Å². The second-order valence-electron chi connectivity index (χ2n) is 5.20. The first-order chi connectivity index (χ1) is 7.95. The van der Waals surface area contributed by atoms with Gasteiger partial charge in [0.1, 0.15) is 0 Å². The lowest BCUT2D eigenvalue weighted by Crippen LogP contribution is -2.45. The first-order valence-corrected chi connectivity index (χ1v) is 6.92. The van der Waals surface area contributed by atoms with E-state index in [0.29, 0.717) is 12.6 Å². The van der Waals surface area contributed by atoms with E-state index in [9.17, 15) is 0 Å². The van der Waals surface area contributed by atoms with E-state index < -0.39 is 0 Å². The maximum Gasteiger partial charge on any atom is 0.166 e. The van der Waals surface area contributed by atoms with E-state index in [1.54, 1.807) is 7.11 Å². The van der Waals surface area contributed by atoms with E-state index in [4.69, 9.17) is 17.0 Å². The Bertz CT molecular complexity index is 210. The third-order valence-corrected chi connectivity index (χ3v) is 2.83. The van der Waals surface area contributed by atoms with Crippen LogP contribution < -0.4 is 10.6 Å². The lowest BCUT2D eigenvalue weighted by Gasteiger charge is -2.20. The second kappa shape index (κ2) is 9.66. The minimum absolute atomic E-state index is 0.253. The molecule has 2 atom stereocenters. The fraction of sp³-hybridized carbons (Fsp3) is 0.923. The smallest absolute Gasteiger partial charge is 0.166 e. The number of thiocarbonyl (C=S) groups is 1. The van der Waals surface area contributed by atoms with Crippen molar-refractivity contribution in [3.63, 3.8) is 0 Å². The Hall–Kier alpha value is -0.350. The van der Waals surface area contributed by atoms with Gasteiger partial charge in [-0.05, 0) is 38.4 Å². The van der Waals surface area contributed by atoms with Crippen LogP contribution in [-0.2, 0) is 4.74 Å². The van der Waals surface area contributed by atoms with Crippen molar-refractivity contribution in [3.05, 3.63) is 0 Å². The fourth-order valence-electron chi connectivity index (χ4n) is 1.69. The van der Waals surface area contributed by atoms with Crippen LogP contribution in [0.5, 0.6) is 0 Å². The van der Waals surface area contributed by atoms with Crippen molar-refractivity contribution in [1.82, 2.24) is 10.6 Å². The van der Waals surface area contributed by atoms with Crippen LogP contribution in [0.1, 0.15) is 47.0 Å². The van der Waals surface area contributed by atoms with E-state index in [1.165, 1.54) is 19.3 Å². The average Bonchev–Trinajstić information content (AvgIpc) is 2.16. The Morgan fingerprint density at radius 3 is 2.18 bits per heavy atom. The number of hydrogen-bond acceptors (Lipinski definition) is 2. The Morgan fingerprint density at radius 1 is 1.06 bits per heavy atom. The molecule has 0 fully saturated rings. The minimum atomic E-state index is 0.253. The predicted molar refractivity (Wildman–Crippen MR) is 78.4 cm³/mol. The van der Waals surface area contributed by atoms with Crippen LogP contribution in [-0.4, -0.2) is 30.9 Å². The highest BCUT2D eigenvalue weighted by molar-refractivity contribution is 7.80. The van der Waals surface area contributed by atoms with Crippen molar-refractivity contribution >= 4 is 17.3 Å². The van der Waals surface area contributed by atoms with E-state index in [1.807, 2.05) is 0 Å². The number of nitrogens with one attached hydrogen (secondary N) is 2. The van der Waals surface area contributed by atoms with E-state index in [2.05, 4.69) is 38.3 Å². The van der Waals surface area contributed by atoms with Crippen LogP contribution in [0, 0.1) is 5.92 Å². The van der Waals surface area contributed by atoms with Crippen molar-refractivity contribution in [3.8, 4) is 0 Å². The second-order valence-corrected chi connectivity index (χ2v) is 5.61. The van der Waals surface area contributed by atoms with Crippen LogP contribution in [0.2, 0.25) is 0 Å². The molecule has 0 aromatic rings. The van der Waals surface area contributed by atoms with Gasteiger partial charge in [-0.2, -0.15) is 0 Å². The van der Waals surface area contributed by atoms with Gasteiger partial charge >= 0.3 is 0 Å². The number of rotatable bonds is 8. The van der Waals surface area contributed by atoms with Gasteiger partial charge in [0, 0.05) is 19.2 Å². The molecule has 0 aliphatic heterocycles. The number of methoxy groups -OCH3 is 1. The summed E-state index contributed by atoms with van der Waals surface area (Å²) >= 11 is 5.24. The van der Waals surface area contributed by atoms with Crippen LogP contribution in [0.4, 0.5) is 0 Å². The number of hydrogen-bond donors (Lipinski definition) is 2. The SMILES string of the molecule is COCC(C)NC(=S)NC(C)CCCC(C)C. The summed E-state index contributed by atoms with van der Waals surface area (Å²) in [6.45, 7) is 9.42. The van der Waals surface area contributed by atoms with Crippen LogP contribution in [0.25, 0.3) is 0 Å². The average molecular weight is 260 g/mol. The third kappa shape index (κ3) is 10.5. The van der Waals surface area contributed by atoms with Crippen molar-refractivity contribution in [2.45, 2.75) is 59.0 Å². The molecule has 0 saturated carbocycles. The molecule has 102 valence electrons. The monoisotopic (exact) mass is 260 g/mol. The Labute approximate surface area is 112 Å². The van der Waals surface area contributed by atoms with Crippen molar-refractivity contribution in [1.29, 1.82) is 0 Å². The zero-order valence-electron chi connectivity index (χ0n) is 11.9. The van der Waals surface area contributed by atoms with Gasteiger partial charge in [0.15, 0.2) is 5.11 Å². The highest BCUT2D eigenvalue weighted by atomic mass is 32.1. The molecule has 3 nitrogen and oxygen atoms in total. The topological polar surface area (TPSA) is 33.3 Å². The number of ether oxygens (including phenoxy) is 1. The molecule has 0 spiro atoms. The molecule has 0 heterocycles. The maximum absolute atomic E-state index is 5.24. The van der Waals surface area contributed by atoms with Crippen molar-refractivity contribution in [2.75, 3.05) is 13.7 Å². The van der Waals surface area contributed by atoms with E-state index in [-0.39, 0.29) is 6.04 Å². The molecule has 4 heteroatoms. The summed E-state index contributed by atoms with van der Waals surface area (Å²) in [6, 6.07) is 0.686. The molecule has 2 unspecified atom stereocenters. The lowest BCUT2D eigenvalue weighted by molar-refractivity contribution is 0.179. The molecule has 0 bridgehead atoms. The van der Waals surface area contributed by atoms with Gasteiger partial charge in [0.2, 0.25) is 0 Å². The summed E-state index contributed by atoms with van der Waals surface area (Å²) in [6.07, 6.45) is 3.70. The van der Waals surface area contributed by atoms with Crippen molar-refractivity contribution in [2.24, 2.45) is 5.92 Å². The predicted octanol–water partition coefficient (Wildman–Crippen LogP) is 2.70. The van der Waals surface area contributed by atoms with Gasteiger partial charge in [-0.3, -0.25) is 0 Å².